The van der Waals surface area contributed by atoms with Gasteiger partial charge in [0.15, 0.2) is 0 Å². The van der Waals surface area contributed by atoms with E-state index in [9.17, 15) is 19.1 Å². The first-order valence-electron chi connectivity index (χ1n) is 6.67. The van der Waals surface area contributed by atoms with Crippen LogP contribution in [0, 0.1) is 5.82 Å². The number of hydrogen-bond donors (Lipinski definition) is 3. The molecule has 0 radical (unpaired) electrons. The molecule has 0 amide bonds. The Kier molecular flexibility index (Phi) is 5.09. The zero-order valence-electron chi connectivity index (χ0n) is 11.7. The number of carbonyl (C=O) groups is 1. The molecular weight excluding hydrogens is 310 g/mol. The van der Waals surface area contributed by atoms with Crippen molar-refractivity contribution in [2.24, 2.45) is 0 Å². The van der Waals surface area contributed by atoms with Crippen LogP contribution in [0.2, 0.25) is 0 Å². The van der Waals surface area contributed by atoms with Gasteiger partial charge in [0, 0.05) is 23.1 Å². The van der Waals surface area contributed by atoms with Gasteiger partial charge in [-0.05, 0) is 19.1 Å². The molecule has 0 saturated carbocycles. The van der Waals surface area contributed by atoms with Gasteiger partial charge in [-0.25, -0.2) is 9.18 Å². The molecule has 1 atom stereocenters. The Labute approximate surface area is 153 Å². The molecule has 3 N–H and O–H groups in total. The minimum atomic E-state index is -1.19. The SMILES string of the molecule is CC1=C(C(=O)O)C(c2ccccc2F)c2c(cc[nH]c2=O)N1.[NaH]. The Bertz CT molecular complexity index is 860. The van der Waals surface area contributed by atoms with Crippen LogP contribution in [0.25, 0.3) is 0 Å². The summed E-state index contributed by atoms with van der Waals surface area (Å²) in [6.45, 7) is 1.60. The molecule has 0 saturated heterocycles. The summed E-state index contributed by atoms with van der Waals surface area (Å²) in [6.07, 6.45) is 1.46. The molecule has 7 heteroatoms. The van der Waals surface area contributed by atoms with E-state index in [1.54, 1.807) is 19.1 Å². The van der Waals surface area contributed by atoms with Crippen molar-refractivity contribution in [1.29, 1.82) is 0 Å². The summed E-state index contributed by atoms with van der Waals surface area (Å²) in [4.78, 5) is 26.4. The van der Waals surface area contributed by atoms with E-state index in [1.165, 1.54) is 24.4 Å². The van der Waals surface area contributed by atoms with Gasteiger partial charge in [0.2, 0.25) is 0 Å². The number of benzene rings is 1. The van der Waals surface area contributed by atoms with Crippen LogP contribution in [0.15, 0.2) is 52.6 Å². The molecule has 2 heterocycles. The molecule has 0 spiro atoms. The average Bonchev–Trinajstić information content (AvgIpc) is 2.46. The summed E-state index contributed by atoms with van der Waals surface area (Å²) in [5, 5.41) is 12.4. The fourth-order valence-electron chi connectivity index (χ4n) is 2.82. The first kappa shape index (κ1) is 17.5. The van der Waals surface area contributed by atoms with Crippen molar-refractivity contribution in [3.63, 3.8) is 0 Å². The van der Waals surface area contributed by atoms with E-state index < -0.39 is 23.3 Å². The molecule has 0 aliphatic carbocycles. The Morgan fingerprint density at radius 2 is 1.96 bits per heavy atom. The summed E-state index contributed by atoms with van der Waals surface area (Å²) in [6, 6.07) is 7.52. The van der Waals surface area contributed by atoms with Gasteiger partial charge in [0.25, 0.3) is 5.56 Å². The van der Waals surface area contributed by atoms with Crippen LogP contribution in [-0.4, -0.2) is 45.6 Å². The number of hydrogen-bond acceptors (Lipinski definition) is 3. The first-order chi connectivity index (χ1) is 10.5. The first-order valence-corrected chi connectivity index (χ1v) is 6.67. The summed E-state index contributed by atoms with van der Waals surface area (Å²) in [5.74, 6) is -2.69. The number of H-pyrrole nitrogens is 1. The second-order valence-electron chi connectivity index (χ2n) is 5.06. The van der Waals surface area contributed by atoms with E-state index in [0.29, 0.717) is 11.4 Å². The molecule has 0 bridgehead atoms. The standard InChI is InChI=1S/C16H13FN2O3.Na.H/c1-8-12(16(21)22)13(9-4-2-3-5-10(9)17)14-11(19-8)6-7-18-15(14)20;;/h2-7,13,19H,1H3,(H,18,20)(H,21,22);;. The quantitative estimate of drug-likeness (QED) is 0.736. The van der Waals surface area contributed by atoms with Gasteiger partial charge in [-0.15, -0.1) is 0 Å². The van der Waals surface area contributed by atoms with E-state index in [-0.39, 0.29) is 46.3 Å². The summed E-state index contributed by atoms with van der Waals surface area (Å²) >= 11 is 0. The molecule has 1 aliphatic heterocycles. The molecule has 3 rings (SSSR count). The van der Waals surface area contributed by atoms with Gasteiger partial charge in [-0.1, -0.05) is 18.2 Å². The Hall–Kier alpha value is -1.89. The number of halogens is 1. The Balaban J connectivity index is 0.00000192. The number of aliphatic carboxylic acids is 1. The van der Waals surface area contributed by atoms with Crippen LogP contribution in [0.3, 0.4) is 0 Å². The second-order valence-corrected chi connectivity index (χ2v) is 5.06. The van der Waals surface area contributed by atoms with Gasteiger partial charge in [-0.2, -0.15) is 0 Å². The van der Waals surface area contributed by atoms with Gasteiger partial charge in [0.1, 0.15) is 5.82 Å². The Morgan fingerprint density at radius 1 is 1.26 bits per heavy atom. The fraction of sp³-hybridized carbons (Fsp3) is 0.125. The topological polar surface area (TPSA) is 82.2 Å². The third-order valence-electron chi connectivity index (χ3n) is 3.75. The molecule has 1 aromatic heterocycles. The number of fused-ring (bicyclic) bond motifs is 1. The molecule has 114 valence electrons. The van der Waals surface area contributed by atoms with Gasteiger partial charge >= 0.3 is 35.5 Å². The number of aromatic amines is 1. The van der Waals surface area contributed by atoms with Crippen LogP contribution >= 0.6 is 0 Å². The summed E-state index contributed by atoms with van der Waals surface area (Å²) in [5.41, 5.74) is 0.770. The van der Waals surface area contributed by atoms with E-state index in [1.807, 2.05) is 0 Å². The van der Waals surface area contributed by atoms with Crippen molar-refractivity contribution in [3.8, 4) is 0 Å². The van der Waals surface area contributed by atoms with Crippen LogP contribution in [0.4, 0.5) is 10.1 Å². The maximum atomic E-state index is 14.2. The van der Waals surface area contributed by atoms with Gasteiger partial charge in [-0.3, -0.25) is 4.79 Å². The number of carboxylic acid groups (broad SMARTS) is 1. The molecular formula is C16H14FN2NaO3. The Morgan fingerprint density at radius 3 is 2.61 bits per heavy atom. The number of aromatic nitrogens is 1. The normalized spacial score (nSPS) is 16.2. The number of anilines is 1. The van der Waals surface area contributed by atoms with E-state index >= 15 is 0 Å². The monoisotopic (exact) mass is 324 g/mol. The van der Waals surface area contributed by atoms with Crippen molar-refractivity contribution in [2.75, 3.05) is 5.32 Å². The minimum absolute atomic E-state index is 0. The molecule has 2 aromatic rings. The third kappa shape index (κ3) is 2.97. The van der Waals surface area contributed by atoms with Crippen molar-refractivity contribution in [1.82, 2.24) is 4.98 Å². The zero-order chi connectivity index (χ0) is 15.9. The molecule has 5 nitrogen and oxygen atoms in total. The molecule has 1 unspecified atom stereocenters. The second kappa shape index (κ2) is 6.70. The number of pyridine rings is 1. The molecule has 23 heavy (non-hydrogen) atoms. The third-order valence-corrected chi connectivity index (χ3v) is 3.75. The summed E-state index contributed by atoms with van der Waals surface area (Å²) in [7, 11) is 0. The zero-order valence-corrected chi connectivity index (χ0v) is 11.7. The number of nitrogens with one attached hydrogen (secondary N) is 2. The van der Waals surface area contributed by atoms with E-state index in [4.69, 9.17) is 0 Å². The van der Waals surface area contributed by atoms with Crippen molar-refractivity contribution in [2.45, 2.75) is 12.8 Å². The predicted octanol–water partition coefficient (Wildman–Crippen LogP) is 1.78. The number of rotatable bonds is 2. The van der Waals surface area contributed by atoms with Crippen molar-refractivity contribution in [3.05, 3.63) is 75.1 Å². The van der Waals surface area contributed by atoms with Gasteiger partial charge < -0.3 is 15.4 Å². The molecule has 1 aromatic carbocycles. The molecule has 1 aliphatic rings. The number of carboxylic acids is 1. The van der Waals surface area contributed by atoms with E-state index in [2.05, 4.69) is 10.3 Å². The maximum absolute atomic E-state index is 14.2. The van der Waals surface area contributed by atoms with Crippen LogP contribution in [0.5, 0.6) is 0 Å². The predicted molar refractivity (Wildman–Crippen MR) is 86.4 cm³/mol. The van der Waals surface area contributed by atoms with Crippen molar-refractivity contribution >= 4 is 41.2 Å². The van der Waals surface area contributed by atoms with Crippen LogP contribution < -0.4 is 10.9 Å². The van der Waals surface area contributed by atoms with E-state index in [0.717, 1.165) is 0 Å². The number of allylic oxidation sites excluding steroid dienone is 1. The average molecular weight is 324 g/mol. The van der Waals surface area contributed by atoms with Crippen molar-refractivity contribution < 1.29 is 14.3 Å². The molecule has 0 fully saturated rings. The van der Waals surface area contributed by atoms with Crippen LogP contribution in [0.1, 0.15) is 24.0 Å². The van der Waals surface area contributed by atoms with Crippen LogP contribution in [-0.2, 0) is 4.79 Å². The fourth-order valence-corrected chi connectivity index (χ4v) is 2.82. The van der Waals surface area contributed by atoms with Gasteiger partial charge in [0.05, 0.1) is 17.1 Å². The summed E-state index contributed by atoms with van der Waals surface area (Å²) < 4.78 is 14.2.